The minimum absolute atomic E-state index is 0. The van der Waals surface area contributed by atoms with Crippen LogP contribution in [0.5, 0.6) is 0 Å². The summed E-state index contributed by atoms with van der Waals surface area (Å²) in [6, 6.07) is 6.54. The summed E-state index contributed by atoms with van der Waals surface area (Å²) in [5.74, 6) is 0.848. The fourth-order valence-electron chi connectivity index (χ4n) is 2.82. The number of hydrogen-bond donors (Lipinski definition) is 3. The SMILES string of the molecule is CN=C(NCCCCOCCOC)NCCc1c[nH]c2cc(C)ccc12.I. The van der Waals surface area contributed by atoms with Gasteiger partial charge in [-0.05, 0) is 43.4 Å². The number of rotatable bonds is 11. The maximum atomic E-state index is 5.45. The molecule has 27 heavy (non-hydrogen) atoms. The first kappa shape index (κ1) is 23.7. The Morgan fingerprint density at radius 3 is 2.70 bits per heavy atom. The Morgan fingerprint density at radius 1 is 1.11 bits per heavy atom. The third-order valence-corrected chi connectivity index (χ3v) is 4.27. The van der Waals surface area contributed by atoms with Crippen molar-refractivity contribution >= 4 is 40.8 Å². The summed E-state index contributed by atoms with van der Waals surface area (Å²) in [7, 11) is 3.49. The molecule has 0 unspecified atom stereocenters. The van der Waals surface area contributed by atoms with Gasteiger partial charge >= 0.3 is 0 Å². The van der Waals surface area contributed by atoms with Crippen molar-refractivity contribution in [3.63, 3.8) is 0 Å². The molecule has 0 radical (unpaired) electrons. The Morgan fingerprint density at radius 2 is 1.93 bits per heavy atom. The second kappa shape index (κ2) is 13.8. The van der Waals surface area contributed by atoms with E-state index < -0.39 is 0 Å². The zero-order chi connectivity index (χ0) is 18.6. The number of hydrogen-bond acceptors (Lipinski definition) is 3. The van der Waals surface area contributed by atoms with E-state index in [1.807, 2.05) is 0 Å². The summed E-state index contributed by atoms with van der Waals surface area (Å²) in [6.45, 7) is 5.95. The monoisotopic (exact) mass is 488 g/mol. The van der Waals surface area contributed by atoms with Crippen LogP contribution in [0.25, 0.3) is 10.9 Å². The molecule has 0 aliphatic carbocycles. The van der Waals surface area contributed by atoms with E-state index in [2.05, 4.69) is 51.9 Å². The topological polar surface area (TPSA) is 70.7 Å². The summed E-state index contributed by atoms with van der Waals surface area (Å²) >= 11 is 0. The van der Waals surface area contributed by atoms with Crippen molar-refractivity contribution in [2.75, 3.05) is 47.1 Å². The van der Waals surface area contributed by atoms with Gasteiger partial charge in [0.2, 0.25) is 0 Å². The zero-order valence-corrected chi connectivity index (χ0v) is 19.0. The van der Waals surface area contributed by atoms with Crippen molar-refractivity contribution in [2.24, 2.45) is 4.99 Å². The molecule has 0 amide bonds. The first-order valence-electron chi connectivity index (χ1n) is 9.32. The standard InChI is InChI=1S/C20H32N4O2.HI/c1-16-6-7-18-17(15-24-19(18)14-16)8-10-23-20(21-2)22-9-4-5-11-26-13-12-25-3;/h6-7,14-15,24H,4-5,8-13H2,1-3H3,(H2,21,22,23);1H. The Hall–Kier alpha value is -1.32. The number of aryl methyl sites for hydroxylation is 1. The van der Waals surface area contributed by atoms with E-state index in [4.69, 9.17) is 9.47 Å². The maximum absolute atomic E-state index is 5.45. The molecule has 2 rings (SSSR count). The number of halogens is 1. The Kier molecular flexibility index (Phi) is 12.1. The van der Waals surface area contributed by atoms with E-state index in [9.17, 15) is 0 Å². The van der Waals surface area contributed by atoms with Gasteiger partial charge in [-0.1, -0.05) is 12.1 Å². The van der Waals surface area contributed by atoms with Gasteiger partial charge < -0.3 is 25.1 Å². The number of guanidine groups is 1. The van der Waals surface area contributed by atoms with Gasteiger partial charge in [0.1, 0.15) is 0 Å². The van der Waals surface area contributed by atoms with E-state index in [0.717, 1.165) is 44.9 Å². The van der Waals surface area contributed by atoms with E-state index >= 15 is 0 Å². The molecule has 1 aromatic carbocycles. The minimum atomic E-state index is 0. The normalized spacial score (nSPS) is 11.4. The van der Waals surface area contributed by atoms with Crippen molar-refractivity contribution in [1.29, 1.82) is 0 Å². The van der Waals surface area contributed by atoms with Crippen LogP contribution in [-0.4, -0.2) is 58.0 Å². The highest BCUT2D eigenvalue weighted by atomic mass is 127. The van der Waals surface area contributed by atoms with Gasteiger partial charge in [0.25, 0.3) is 0 Å². The molecule has 3 N–H and O–H groups in total. The van der Waals surface area contributed by atoms with Gasteiger partial charge in [0.05, 0.1) is 13.2 Å². The molecule has 0 spiro atoms. The number of methoxy groups -OCH3 is 1. The number of benzene rings is 1. The van der Waals surface area contributed by atoms with Gasteiger partial charge in [0.15, 0.2) is 5.96 Å². The van der Waals surface area contributed by atoms with Gasteiger partial charge in [-0.25, -0.2) is 0 Å². The zero-order valence-electron chi connectivity index (χ0n) is 16.6. The van der Waals surface area contributed by atoms with Crippen LogP contribution in [0.15, 0.2) is 29.4 Å². The maximum Gasteiger partial charge on any atom is 0.190 e. The highest BCUT2D eigenvalue weighted by molar-refractivity contribution is 14.0. The molecule has 0 saturated carbocycles. The fraction of sp³-hybridized carbons (Fsp3) is 0.550. The summed E-state index contributed by atoms with van der Waals surface area (Å²) in [4.78, 5) is 7.63. The van der Waals surface area contributed by atoms with Crippen LogP contribution in [0.1, 0.15) is 24.0 Å². The van der Waals surface area contributed by atoms with Gasteiger partial charge in [0, 0.05) is 51.0 Å². The summed E-state index contributed by atoms with van der Waals surface area (Å²) in [6.07, 6.45) is 5.14. The van der Waals surface area contributed by atoms with Crippen molar-refractivity contribution in [3.05, 3.63) is 35.5 Å². The van der Waals surface area contributed by atoms with Crippen LogP contribution >= 0.6 is 24.0 Å². The number of nitrogens with one attached hydrogen (secondary N) is 3. The van der Waals surface area contributed by atoms with Crippen LogP contribution < -0.4 is 10.6 Å². The molecular formula is C20H33IN4O2. The summed E-state index contributed by atoms with van der Waals surface area (Å²) < 4.78 is 10.4. The second-order valence-electron chi connectivity index (χ2n) is 6.35. The predicted octanol–water partition coefficient (Wildman–Crippen LogP) is 3.25. The van der Waals surface area contributed by atoms with Crippen molar-refractivity contribution in [1.82, 2.24) is 15.6 Å². The molecule has 2 aromatic rings. The lowest BCUT2D eigenvalue weighted by atomic mass is 10.1. The highest BCUT2D eigenvalue weighted by Crippen LogP contribution is 2.19. The molecule has 0 bridgehead atoms. The number of ether oxygens (including phenoxy) is 2. The van der Waals surface area contributed by atoms with Crippen molar-refractivity contribution in [2.45, 2.75) is 26.2 Å². The molecular weight excluding hydrogens is 455 g/mol. The van der Waals surface area contributed by atoms with Gasteiger partial charge in [-0.3, -0.25) is 4.99 Å². The van der Waals surface area contributed by atoms with Crippen LogP contribution in [0.3, 0.4) is 0 Å². The molecule has 0 aliphatic rings. The fourth-order valence-corrected chi connectivity index (χ4v) is 2.82. The Balaban J connectivity index is 0.00000364. The number of aromatic amines is 1. The Bertz CT molecular complexity index is 688. The number of aromatic nitrogens is 1. The number of aliphatic imine (C=N–C) groups is 1. The number of nitrogens with zero attached hydrogens (tertiary/aromatic N) is 1. The lowest BCUT2D eigenvalue weighted by Gasteiger charge is -2.11. The molecule has 0 saturated heterocycles. The van der Waals surface area contributed by atoms with Gasteiger partial charge in [-0.2, -0.15) is 0 Å². The molecule has 1 heterocycles. The molecule has 0 fully saturated rings. The lowest BCUT2D eigenvalue weighted by Crippen LogP contribution is -2.38. The first-order valence-corrected chi connectivity index (χ1v) is 9.32. The quantitative estimate of drug-likeness (QED) is 0.197. The molecule has 0 atom stereocenters. The predicted molar refractivity (Wildman–Crippen MR) is 123 cm³/mol. The van der Waals surface area contributed by atoms with Crippen LogP contribution in [0.2, 0.25) is 0 Å². The molecule has 0 aliphatic heterocycles. The summed E-state index contributed by atoms with van der Waals surface area (Å²) in [5, 5.41) is 8.03. The second-order valence-corrected chi connectivity index (χ2v) is 6.35. The Labute approximate surface area is 179 Å². The van der Waals surface area contributed by atoms with Crippen molar-refractivity contribution < 1.29 is 9.47 Å². The highest BCUT2D eigenvalue weighted by Gasteiger charge is 2.04. The number of unbranched alkanes of at least 4 members (excludes halogenated alkanes) is 1. The first-order chi connectivity index (χ1) is 12.7. The molecule has 6 nitrogen and oxygen atoms in total. The average molecular weight is 488 g/mol. The summed E-state index contributed by atoms with van der Waals surface area (Å²) in [5.41, 5.74) is 3.81. The largest absolute Gasteiger partial charge is 0.382 e. The van der Waals surface area contributed by atoms with E-state index in [-0.39, 0.29) is 24.0 Å². The average Bonchev–Trinajstić information content (AvgIpc) is 3.04. The molecule has 1 aromatic heterocycles. The lowest BCUT2D eigenvalue weighted by molar-refractivity contribution is 0.0689. The third kappa shape index (κ3) is 8.49. The number of H-pyrrole nitrogens is 1. The number of fused-ring (bicyclic) bond motifs is 1. The van der Waals surface area contributed by atoms with Crippen LogP contribution in [0.4, 0.5) is 0 Å². The smallest absolute Gasteiger partial charge is 0.190 e. The van der Waals surface area contributed by atoms with E-state index in [0.29, 0.717) is 13.2 Å². The minimum Gasteiger partial charge on any atom is -0.382 e. The van der Waals surface area contributed by atoms with Crippen molar-refractivity contribution in [3.8, 4) is 0 Å². The van der Waals surface area contributed by atoms with Gasteiger partial charge in [-0.15, -0.1) is 24.0 Å². The third-order valence-electron chi connectivity index (χ3n) is 4.27. The van der Waals surface area contributed by atoms with Crippen LogP contribution in [0, 0.1) is 6.92 Å². The molecule has 7 heteroatoms. The van der Waals surface area contributed by atoms with E-state index in [1.54, 1.807) is 14.2 Å². The van der Waals surface area contributed by atoms with E-state index in [1.165, 1.54) is 22.0 Å². The molecule has 152 valence electrons. The van der Waals surface area contributed by atoms with Crippen LogP contribution in [-0.2, 0) is 15.9 Å².